The minimum Gasteiger partial charge on any atom is -0.341 e. The third kappa shape index (κ3) is 5.27. The summed E-state index contributed by atoms with van der Waals surface area (Å²) in [5.74, 6) is 0.138. The fourth-order valence-electron chi connectivity index (χ4n) is 2.49. The van der Waals surface area contributed by atoms with Crippen molar-refractivity contribution < 1.29 is 4.79 Å². The van der Waals surface area contributed by atoms with Gasteiger partial charge in [0.15, 0.2) is 0 Å². The highest BCUT2D eigenvalue weighted by Gasteiger charge is 2.09. The number of hydrogen-bond donors (Lipinski definition) is 0. The Bertz CT molecular complexity index is 698. The first-order valence-electron chi connectivity index (χ1n) is 7.87. The van der Waals surface area contributed by atoms with Gasteiger partial charge in [0, 0.05) is 20.0 Å². The van der Waals surface area contributed by atoms with Crippen LogP contribution in [-0.2, 0) is 17.8 Å². The molecule has 2 rings (SSSR count). The molecule has 0 aliphatic carbocycles. The molecule has 0 unspecified atom stereocenters. The summed E-state index contributed by atoms with van der Waals surface area (Å²) in [5.41, 5.74) is 4.14. The van der Waals surface area contributed by atoms with Crippen molar-refractivity contribution in [2.24, 2.45) is 0 Å². The number of carbonyl (C=O) groups is 1. The van der Waals surface area contributed by atoms with Gasteiger partial charge in [-0.25, -0.2) is 0 Å². The molecule has 0 aliphatic heterocycles. The minimum absolute atomic E-state index is 0.138. The van der Waals surface area contributed by atoms with Gasteiger partial charge in [-0.15, -0.1) is 0 Å². The van der Waals surface area contributed by atoms with Crippen LogP contribution in [0.15, 0.2) is 48.5 Å². The van der Waals surface area contributed by atoms with Crippen molar-refractivity contribution in [2.45, 2.75) is 32.7 Å². The van der Waals surface area contributed by atoms with Gasteiger partial charge in [0.2, 0.25) is 5.91 Å². The van der Waals surface area contributed by atoms with Crippen LogP contribution >= 0.6 is 0 Å². The molecule has 0 aliphatic rings. The van der Waals surface area contributed by atoms with E-state index in [0.717, 1.165) is 18.4 Å². The predicted octanol–water partition coefficient (Wildman–Crippen LogP) is 3.85. The van der Waals surface area contributed by atoms with Gasteiger partial charge < -0.3 is 4.90 Å². The standard InChI is InChI=1S/C20H22N2O/c1-16-9-11-17(12-10-16)5-4-8-20(23)22(2)15-19-7-3-6-18(13-19)14-21/h3,6-7,9-13H,4-5,8,15H2,1-2H3. The van der Waals surface area contributed by atoms with Crippen molar-refractivity contribution in [1.29, 1.82) is 5.26 Å². The van der Waals surface area contributed by atoms with Crippen LogP contribution in [0.2, 0.25) is 0 Å². The Hall–Kier alpha value is -2.60. The number of aryl methyl sites for hydroxylation is 2. The van der Waals surface area contributed by atoms with Gasteiger partial charge >= 0.3 is 0 Å². The number of amides is 1. The number of nitriles is 1. The highest BCUT2D eigenvalue weighted by atomic mass is 16.2. The van der Waals surface area contributed by atoms with Crippen LogP contribution < -0.4 is 0 Å². The molecule has 0 N–H and O–H groups in total. The average Bonchev–Trinajstić information content (AvgIpc) is 2.56. The largest absolute Gasteiger partial charge is 0.341 e. The molecule has 118 valence electrons. The Morgan fingerprint density at radius 2 is 1.87 bits per heavy atom. The molecule has 0 radical (unpaired) electrons. The molecule has 23 heavy (non-hydrogen) atoms. The smallest absolute Gasteiger partial charge is 0.222 e. The third-order valence-electron chi connectivity index (χ3n) is 3.88. The quantitative estimate of drug-likeness (QED) is 0.813. The van der Waals surface area contributed by atoms with E-state index in [9.17, 15) is 4.79 Å². The van der Waals surface area contributed by atoms with Crippen LogP contribution in [0.25, 0.3) is 0 Å². The van der Waals surface area contributed by atoms with Crippen LogP contribution in [0, 0.1) is 18.3 Å². The van der Waals surface area contributed by atoms with Gasteiger partial charge in [-0.3, -0.25) is 4.79 Å². The molecule has 1 amide bonds. The van der Waals surface area contributed by atoms with E-state index in [2.05, 4.69) is 37.3 Å². The number of nitrogens with zero attached hydrogens (tertiary/aromatic N) is 2. The first kappa shape index (κ1) is 16.8. The number of carbonyl (C=O) groups excluding carboxylic acids is 1. The molecule has 0 aromatic heterocycles. The monoisotopic (exact) mass is 306 g/mol. The highest BCUT2D eigenvalue weighted by Crippen LogP contribution is 2.10. The van der Waals surface area contributed by atoms with Crippen molar-refractivity contribution >= 4 is 5.91 Å². The molecule has 0 fully saturated rings. The lowest BCUT2D eigenvalue weighted by Gasteiger charge is -2.17. The number of benzene rings is 2. The second-order valence-electron chi connectivity index (χ2n) is 5.90. The number of rotatable bonds is 6. The lowest BCUT2D eigenvalue weighted by atomic mass is 10.1. The van der Waals surface area contributed by atoms with Crippen molar-refractivity contribution in [2.75, 3.05) is 7.05 Å². The molecular formula is C20H22N2O. The van der Waals surface area contributed by atoms with Gasteiger partial charge in [0.05, 0.1) is 11.6 Å². The summed E-state index contributed by atoms with van der Waals surface area (Å²) < 4.78 is 0. The summed E-state index contributed by atoms with van der Waals surface area (Å²) in [6.45, 7) is 2.61. The molecule has 0 bridgehead atoms. The summed E-state index contributed by atoms with van der Waals surface area (Å²) >= 11 is 0. The van der Waals surface area contributed by atoms with E-state index in [-0.39, 0.29) is 5.91 Å². The zero-order valence-electron chi connectivity index (χ0n) is 13.7. The van der Waals surface area contributed by atoms with Crippen molar-refractivity contribution in [3.05, 3.63) is 70.8 Å². The molecule has 3 nitrogen and oxygen atoms in total. The Labute approximate surface area is 138 Å². The normalized spacial score (nSPS) is 10.1. The SMILES string of the molecule is Cc1ccc(CCCC(=O)N(C)Cc2cccc(C#N)c2)cc1. The highest BCUT2D eigenvalue weighted by molar-refractivity contribution is 5.75. The Kier molecular flexibility index (Phi) is 5.94. The molecule has 0 heterocycles. The first-order chi connectivity index (χ1) is 11.1. The summed E-state index contributed by atoms with van der Waals surface area (Å²) in [5, 5.41) is 8.92. The van der Waals surface area contributed by atoms with E-state index in [1.54, 1.807) is 11.0 Å². The summed E-state index contributed by atoms with van der Waals surface area (Å²) in [7, 11) is 1.81. The number of hydrogen-bond acceptors (Lipinski definition) is 2. The molecule has 2 aromatic carbocycles. The molecule has 3 heteroatoms. The van der Waals surface area contributed by atoms with Crippen LogP contribution in [0.4, 0.5) is 0 Å². The maximum Gasteiger partial charge on any atom is 0.222 e. The second-order valence-corrected chi connectivity index (χ2v) is 5.90. The summed E-state index contributed by atoms with van der Waals surface area (Å²) in [6.07, 6.45) is 2.32. The maximum atomic E-state index is 12.2. The van der Waals surface area contributed by atoms with E-state index in [1.807, 2.05) is 25.2 Å². The molecular weight excluding hydrogens is 284 g/mol. The fraction of sp³-hybridized carbons (Fsp3) is 0.300. The van der Waals surface area contributed by atoms with Crippen LogP contribution in [-0.4, -0.2) is 17.9 Å². The second kappa shape index (κ2) is 8.14. The molecule has 0 saturated heterocycles. The van der Waals surface area contributed by atoms with E-state index in [1.165, 1.54) is 11.1 Å². The van der Waals surface area contributed by atoms with Crippen molar-refractivity contribution in [3.63, 3.8) is 0 Å². The maximum absolute atomic E-state index is 12.2. The van der Waals surface area contributed by atoms with E-state index < -0.39 is 0 Å². The van der Waals surface area contributed by atoms with Crippen molar-refractivity contribution in [3.8, 4) is 6.07 Å². The first-order valence-corrected chi connectivity index (χ1v) is 7.87. The zero-order valence-corrected chi connectivity index (χ0v) is 13.7. The van der Waals surface area contributed by atoms with Crippen molar-refractivity contribution in [1.82, 2.24) is 4.90 Å². The van der Waals surface area contributed by atoms with E-state index in [0.29, 0.717) is 18.5 Å². The zero-order chi connectivity index (χ0) is 16.7. The van der Waals surface area contributed by atoms with Crippen LogP contribution in [0.5, 0.6) is 0 Å². The Morgan fingerprint density at radius 1 is 1.13 bits per heavy atom. The van der Waals surface area contributed by atoms with Gasteiger partial charge in [0.25, 0.3) is 0 Å². The summed E-state index contributed by atoms with van der Waals surface area (Å²) in [4.78, 5) is 13.9. The van der Waals surface area contributed by atoms with Crippen LogP contribution in [0.3, 0.4) is 0 Å². The minimum atomic E-state index is 0.138. The van der Waals surface area contributed by atoms with Gasteiger partial charge in [-0.2, -0.15) is 5.26 Å². The lowest BCUT2D eigenvalue weighted by Crippen LogP contribution is -2.26. The fourth-order valence-corrected chi connectivity index (χ4v) is 2.49. The summed E-state index contributed by atoms with van der Waals surface area (Å²) in [6, 6.07) is 18.0. The molecule has 2 aromatic rings. The lowest BCUT2D eigenvalue weighted by molar-refractivity contribution is -0.130. The molecule has 0 saturated carbocycles. The Balaban J connectivity index is 1.80. The van der Waals surface area contributed by atoms with Crippen LogP contribution in [0.1, 0.15) is 35.1 Å². The average molecular weight is 306 g/mol. The molecule has 0 atom stereocenters. The Morgan fingerprint density at radius 3 is 2.57 bits per heavy atom. The van der Waals surface area contributed by atoms with E-state index in [4.69, 9.17) is 5.26 Å². The topological polar surface area (TPSA) is 44.1 Å². The third-order valence-corrected chi connectivity index (χ3v) is 3.88. The van der Waals surface area contributed by atoms with Gasteiger partial charge in [-0.1, -0.05) is 42.0 Å². The van der Waals surface area contributed by atoms with E-state index >= 15 is 0 Å². The van der Waals surface area contributed by atoms with Gasteiger partial charge in [0.1, 0.15) is 0 Å². The molecule has 0 spiro atoms. The predicted molar refractivity (Wildman–Crippen MR) is 91.7 cm³/mol. The van der Waals surface area contributed by atoms with Gasteiger partial charge in [-0.05, 0) is 43.0 Å².